The zero-order chi connectivity index (χ0) is 15.4. The average molecular weight is 388 g/mol. The van der Waals surface area contributed by atoms with Crippen molar-refractivity contribution >= 4 is 53.1 Å². The quantitative estimate of drug-likeness (QED) is 0.636. The molecule has 2 heterocycles. The van der Waals surface area contributed by atoms with Crippen molar-refractivity contribution in [1.82, 2.24) is 19.9 Å². The van der Waals surface area contributed by atoms with Crippen LogP contribution in [0.4, 0.5) is 0 Å². The smallest absolute Gasteiger partial charge is 0.270 e. The third kappa shape index (κ3) is 4.67. The van der Waals surface area contributed by atoms with Gasteiger partial charge in [0, 0.05) is 25.0 Å². The van der Waals surface area contributed by atoms with Gasteiger partial charge >= 0.3 is 0 Å². The normalized spacial score (nSPS) is 10.0. The molecule has 3 rings (SSSR count). The van der Waals surface area contributed by atoms with E-state index in [1.54, 1.807) is 5.38 Å². The van der Waals surface area contributed by atoms with Crippen molar-refractivity contribution in [2.24, 2.45) is 5.73 Å². The largest absolute Gasteiger partial charge is 0.351 e. The van der Waals surface area contributed by atoms with E-state index in [-0.39, 0.29) is 30.7 Å². The fourth-order valence-electron chi connectivity index (χ4n) is 2.24. The topological polar surface area (TPSA) is 85.8 Å². The van der Waals surface area contributed by atoms with E-state index in [0.717, 1.165) is 29.0 Å². The molecule has 0 spiro atoms. The van der Waals surface area contributed by atoms with Gasteiger partial charge in [0.1, 0.15) is 10.7 Å². The van der Waals surface area contributed by atoms with Gasteiger partial charge in [0.25, 0.3) is 5.91 Å². The van der Waals surface area contributed by atoms with Crippen molar-refractivity contribution in [3.05, 3.63) is 46.7 Å². The van der Waals surface area contributed by atoms with Crippen LogP contribution in [-0.4, -0.2) is 27.0 Å². The van der Waals surface area contributed by atoms with Gasteiger partial charge in [0.15, 0.2) is 0 Å². The van der Waals surface area contributed by atoms with E-state index in [9.17, 15) is 4.79 Å². The van der Waals surface area contributed by atoms with Crippen LogP contribution in [0.15, 0.2) is 36.0 Å². The van der Waals surface area contributed by atoms with Crippen molar-refractivity contribution in [1.29, 1.82) is 0 Å². The third-order valence-corrected chi connectivity index (χ3v) is 4.22. The molecule has 0 aliphatic heterocycles. The number of nitrogens with zero attached hydrogens (tertiary/aromatic N) is 3. The molecule has 0 aliphatic rings. The van der Waals surface area contributed by atoms with Gasteiger partial charge in [-0.2, -0.15) is 0 Å². The molecular formula is C15H19Cl2N5OS. The predicted octanol–water partition coefficient (Wildman–Crippen LogP) is 2.62. The minimum Gasteiger partial charge on any atom is -0.351 e. The van der Waals surface area contributed by atoms with E-state index in [1.807, 2.05) is 30.6 Å². The summed E-state index contributed by atoms with van der Waals surface area (Å²) in [6, 6.07) is 8.01. The summed E-state index contributed by atoms with van der Waals surface area (Å²) in [7, 11) is 0. The fraction of sp³-hybridized carbons (Fsp3) is 0.267. The maximum Gasteiger partial charge on any atom is 0.270 e. The molecule has 3 N–H and O–H groups in total. The molecule has 0 unspecified atom stereocenters. The Balaban J connectivity index is 0.00000144. The first-order chi connectivity index (χ1) is 10.8. The second kappa shape index (κ2) is 9.58. The molecule has 1 aromatic carbocycles. The second-order valence-corrected chi connectivity index (χ2v) is 5.81. The molecule has 9 heteroatoms. The number of thiazole rings is 1. The molecule has 24 heavy (non-hydrogen) atoms. The molecule has 0 saturated heterocycles. The number of carbonyl (C=O) groups excluding carboxylic acids is 1. The monoisotopic (exact) mass is 387 g/mol. The summed E-state index contributed by atoms with van der Waals surface area (Å²) in [5.41, 5.74) is 8.04. The first-order valence-corrected chi connectivity index (χ1v) is 7.98. The van der Waals surface area contributed by atoms with E-state index in [0.29, 0.717) is 18.8 Å². The lowest BCUT2D eigenvalue weighted by atomic mass is 10.3. The first kappa shape index (κ1) is 20.4. The first-order valence-electron chi connectivity index (χ1n) is 7.10. The maximum atomic E-state index is 11.9. The van der Waals surface area contributed by atoms with Gasteiger partial charge in [-0.25, -0.2) is 9.97 Å². The molecule has 2 aromatic heterocycles. The van der Waals surface area contributed by atoms with Crippen LogP contribution in [0.5, 0.6) is 0 Å². The Hall–Kier alpha value is -1.67. The van der Waals surface area contributed by atoms with Crippen molar-refractivity contribution in [2.45, 2.75) is 19.5 Å². The molecule has 0 saturated carbocycles. The Kier molecular flexibility index (Phi) is 8.14. The predicted molar refractivity (Wildman–Crippen MR) is 101 cm³/mol. The number of hydrogen-bond donors (Lipinski definition) is 2. The lowest BCUT2D eigenvalue weighted by molar-refractivity contribution is 0.0948. The lowest BCUT2D eigenvalue weighted by Gasteiger charge is -2.05. The van der Waals surface area contributed by atoms with Gasteiger partial charge < -0.3 is 15.6 Å². The highest BCUT2D eigenvalue weighted by Gasteiger charge is 2.09. The number of benzene rings is 1. The Bertz CT molecular complexity index is 789. The SMILES string of the molecule is Cl.Cl.NCc1nc(C(=O)NCCCn2cnc3ccccc32)cs1. The van der Waals surface area contributed by atoms with E-state index in [1.165, 1.54) is 11.3 Å². The molecule has 1 amide bonds. The summed E-state index contributed by atoms with van der Waals surface area (Å²) < 4.78 is 2.09. The standard InChI is InChI=1S/C15H17N5OS.2ClH/c16-8-14-19-12(9-22-14)15(21)17-6-3-7-20-10-18-11-4-1-2-5-13(11)20;;/h1-2,4-5,9-10H,3,6-8,16H2,(H,17,21);2*1H. The molecule has 0 radical (unpaired) electrons. The van der Waals surface area contributed by atoms with Crippen LogP contribution in [0.1, 0.15) is 21.9 Å². The number of amides is 1. The van der Waals surface area contributed by atoms with E-state index in [2.05, 4.69) is 19.9 Å². The van der Waals surface area contributed by atoms with Gasteiger partial charge in [-0.05, 0) is 18.6 Å². The minimum atomic E-state index is -0.147. The molecule has 0 fully saturated rings. The summed E-state index contributed by atoms with van der Waals surface area (Å²) >= 11 is 1.41. The van der Waals surface area contributed by atoms with Gasteiger partial charge in [-0.1, -0.05) is 12.1 Å². The van der Waals surface area contributed by atoms with Crippen LogP contribution in [0, 0.1) is 0 Å². The van der Waals surface area contributed by atoms with Crippen molar-refractivity contribution in [2.75, 3.05) is 6.54 Å². The number of nitrogens with one attached hydrogen (secondary N) is 1. The van der Waals surface area contributed by atoms with Crippen LogP contribution in [0.3, 0.4) is 0 Å². The number of fused-ring (bicyclic) bond motifs is 1. The zero-order valence-corrected chi connectivity index (χ0v) is 15.3. The summed E-state index contributed by atoms with van der Waals surface area (Å²) in [6.07, 6.45) is 2.67. The third-order valence-electron chi connectivity index (χ3n) is 3.35. The Labute approximate surface area is 156 Å². The number of halogens is 2. The van der Waals surface area contributed by atoms with Crippen LogP contribution in [-0.2, 0) is 13.1 Å². The van der Waals surface area contributed by atoms with E-state index < -0.39 is 0 Å². The van der Waals surface area contributed by atoms with Crippen LogP contribution in [0.2, 0.25) is 0 Å². The zero-order valence-electron chi connectivity index (χ0n) is 12.8. The van der Waals surface area contributed by atoms with Gasteiger partial charge in [0.2, 0.25) is 0 Å². The Morgan fingerprint density at radius 1 is 1.29 bits per heavy atom. The van der Waals surface area contributed by atoms with Crippen molar-refractivity contribution < 1.29 is 4.79 Å². The van der Waals surface area contributed by atoms with Gasteiger partial charge in [-0.3, -0.25) is 4.79 Å². The summed E-state index contributed by atoms with van der Waals surface area (Å²) in [6.45, 7) is 1.78. The highest BCUT2D eigenvalue weighted by molar-refractivity contribution is 7.09. The van der Waals surface area contributed by atoms with Crippen molar-refractivity contribution in [3.8, 4) is 0 Å². The Morgan fingerprint density at radius 2 is 2.08 bits per heavy atom. The van der Waals surface area contributed by atoms with Crippen LogP contribution < -0.4 is 11.1 Å². The van der Waals surface area contributed by atoms with Gasteiger partial charge in [-0.15, -0.1) is 36.2 Å². The average Bonchev–Trinajstić information content (AvgIpc) is 3.18. The summed E-state index contributed by atoms with van der Waals surface area (Å²) in [5.74, 6) is -0.147. The molecule has 0 aliphatic carbocycles. The molecule has 0 bridgehead atoms. The number of carbonyl (C=O) groups is 1. The van der Waals surface area contributed by atoms with Crippen molar-refractivity contribution in [3.63, 3.8) is 0 Å². The molecule has 0 atom stereocenters. The minimum absolute atomic E-state index is 0. The van der Waals surface area contributed by atoms with Crippen LogP contribution >= 0.6 is 36.2 Å². The summed E-state index contributed by atoms with van der Waals surface area (Å²) in [5, 5.41) is 5.39. The van der Waals surface area contributed by atoms with E-state index >= 15 is 0 Å². The second-order valence-electron chi connectivity index (χ2n) is 4.87. The number of aromatic nitrogens is 3. The number of hydrogen-bond acceptors (Lipinski definition) is 5. The van der Waals surface area contributed by atoms with Crippen LogP contribution in [0.25, 0.3) is 11.0 Å². The van der Waals surface area contributed by atoms with E-state index in [4.69, 9.17) is 5.73 Å². The number of nitrogens with two attached hydrogens (primary N) is 1. The summed E-state index contributed by atoms with van der Waals surface area (Å²) in [4.78, 5) is 20.4. The maximum absolute atomic E-state index is 11.9. The lowest BCUT2D eigenvalue weighted by Crippen LogP contribution is -2.25. The highest BCUT2D eigenvalue weighted by Crippen LogP contribution is 2.12. The highest BCUT2D eigenvalue weighted by atomic mass is 35.5. The molecule has 6 nitrogen and oxygen atoms in total. The fourth-order valence-corrected chi connectivity index (χ4v) is 2.89. The number of aryl methyl sites for hydroxylation is 1. The Morgan fingerprint density at radius 3 is 2.83 bits per heavy atom. The number of imidazole rings is 1. The molecule has 3 aromatic rings. The number of para-hydroxylation sites is 2. The molecule has 130 valence electrons. The molecular weight excluding hydrogens is 369 g/mol. The van der Waals surface area contributed by atoms with Gasteiger partial charge in [0.05, 0.1) is 17.4 Å². The number of rotatable bonds is 6.